The van der Waals surface area contributed by atoms with E-state index in [1.54, 1.807) is 0 Å². The maximum Gasteiger partial charge on any atom is 0.416 e. The van der Waals surface area contributed by atoms with Gasteiger partial charge in [0, 0.05) is 31.7 Å². The lowest BCUT2D eigenvalue weighted by atomic mass is 10.1. The Morgan fingerprint density at radius 3 is 1.97 bits per heavy atom. The Morgan fingerprint density at radius 1 is 0.828 bits per heavy atom. The molecule has 9 heteroatoms. The molecule has 1 aliphatic rings. The Balaban J connectivity index is 1.55. The van der Waals surface area contributed by atoms with Gasteiger partial charge < -0.3 is 9.80 Å². The van der Waals surface area contributed by atoms with Crippen LogP contribution in [0.15, 0.2) is 42.5 Å². The molecule has 1 heterocycles. The zero-order valence-corrected chi connectivity index (χ0v) is 15.2. The molecule has 29 heavy (non-hydrogen) atoms. The third-order valence-electron chi connectivity index (χ3n) is 4.72. The molecule has 2 aromatic carbocycles. The van der Waals surface area contributed by atoms with E-state index >= 15 is 0 Å². The third kappa shape index (κ3) is 4.90. The van der Waals surface area contributed by atoms with Gasteiger partial charge in [0.15, 0.2) is 11.6 Å². The molecule has 0 unspecified atom stereocenters. The van der Waals surface area contributed by atoms with Crippen molar-refractivity contribution >= 4 is 11.8 Å². The van der Waals surface area contributed by atoms with Crippen molar-refractivity contribution in [1.29, 1.82) is 0 Å². The Morgan fingerprint density at radius 2 is 1.41 bits per heavy atom. The van der Waals surface area contributed by atoms with Gasteiger partial charge in [-0.25, -0.2) is 8.78 Å². The normalized spacial score (nSPS) is 14.8. The lowest BCUT2D eigenvalue weighted by Gasteiger charge is -2.35. The van der Waals surface area contributed by atoms with E-state index in [4.69, 9.17) is 0 Å². The maximum atomic E-state index is 13.3. The standard InChI is InChI=1S/C20H17F5N2O2/c21-16-6-3-14(12-17(16)22)19(29)27-9-7-26(8-10-27)18(28)11-13-1-4-15(5-2-13)20(23,24)25/h1-6,12H,7-11H2. The van der Waals surface area contributed by atoms with Gasteiger partial charge in [-0.3, -0.25) is 9.59 Å². The minimum Gasteiger partial charge on any atom is -0.339 e. The van der Waals surface area contributed by atoms with Crippen molar-refractivity contribution in [2.75, 3.05) is 26.2 Å². The fraction of sp³-hybridized carbons (Fsp3) is 0.300. The Labute approximate surface area is 163 Å². The number of rotatable bonds is 3. The van der Waals surface area contributed by atoms with E-state index < -0.39 is 29.3 Å². The van der Waals surface area contributed by atoms with Crippen molar-refractivity contribution in [1.82, 2.24) is 9.80 Å². The molecule has 0 bridgehead atoms. The Bertz CT molecular complexity index is 904. The van der Waals surface area contributed by atoms with Crippen LogP contribution in [-0.4, -0.2) is 47.8 Å². The fourth-order valence-corrected chi connectivity index (χ4v) is 3.07. The van der Waals surface area contributed by atoms with Crippen molar-refractivity contribution < 1.29 is 31.5 Å². The van der Waals surface area contributed by atoms with E-state index in [-0.39, 0.29) is 44.1 Å². The van der Waals surface area contributed by atoms with Crippen LogP contribution in [0.5, 0.6) is 0 Å². The van der Waals surface area contributed by atoms with E-state index in [0.29, 0.717) is 5.56 Å². The van der Waals surface area contributed by atoms with Gasteiger partial charge in [-0.15, -0.1) is 0 Å². The molecule has 0 atom stereocenters. The second kappa shape index (κ2) is 8.18. The van der Waals surface area contributed by atoms with Gasteiger partial charge in [0.25, 0.3) is 5.91 Å². The lowest BCUT2D eigenvalue weighted by molar-refractivity contribution is -0.137. The van der Waals surface area contributed by atoms with E-state index in [1.165, 1.54) is 28.0 Å². The number of hydrogen-bond acceptors (Lipinski definition) is 2. The quantitative estimate of drug-likeness (QED) is 0.724. The summed E-state index contributed by atoms with van der Waals surface area (Å²) in [7, 11) is 0. The number of alkyl halides is 3. The van der Waals surface area contributed by atoms with Crippen LogP contribution < -0.4 is 0 Å². The van der Waals surface area contributed by atoms with Crippen LogP contribution in [0.4, 0.5) is 22.0 Å². The minimum absolute atomic E-state index is 0.0217. The molecule has 0 spiro atoms. The van der Waals surface area contributed by atoms with E-state index in [2.05, 4.69) is 0 Å². The summed E-state index contributed by atoms with van der Waals surface area (Å²) in [6.07, 6.45) is -4.48. The maximum absolute atomic E-state index is 13.3. The van der Waals surface area contributed by atoms with E-state index in [1.807, 2.05) is 0 Å². The second-order valence-electron chi connectivity index (χ2n) is 6.67. The summed E-state index contributed by atoms with van der Waals surface area (Å²) in [5.41, 5.74) is -0.297. The third-order valence-corrected chi connectivity index (χ3v) is 4.72. The first-order chi connectivity index (χ1) is 13.6. The van der Waals surface area contributed by atoms with Crippen LogP contribution in [0.3, 0.4) is 0 Å². The molecule has 0 radical (unpaired) electrons. The van der Waals surface area contributed by atoms with Crippen LogP contribution >= 0.6 is 0 Å². The number of nitrogens with zero attached hydrogens (tertiary/aromatic N) is 2. The smallest absolute Gasteiger partial charge is 0.339 e. The van der Waals surface area contributed by atoms with Crippen molar-refractivity contribution in [2.24, 2.45) is 0 Å². The van der Waals surface area contributed by atoms with Crippen LogP contribution in [0, 0.1) is 11.6 Å². The predicted molar refractivity (Wildman–Crippen MR) is 94.0 cm³/mol. The first-order valence-corrected chi connectivity index (χ1v) is 8.83. The number of benzene rings is 2. The number of carbonyl (C=O) groups excluding carboxylic acids is 2. The lowest BCUT2D eigenvalue weighted by Crippen LogP contribution is -2.51. The van der Waals surface area contributed by atoms with Crippen molar-refractivity contribution in [3.8, 4) is 0 Å². The summed E-state index contributed by atoms with van der Waals surface area (Å²) in [5, 5.41) is 0. The largest absolute Gasteiger partial charge is 0.416 e. The zero-order valence-electron chi connectivity index (χ0n) is 15.2. The molecule has 1 saturated heterocycles. The van der Waals surface area contributed by atoms with Gasteiger partial charge in [-0.2, -0.15) is 13.2 Å². The highest BCUT2D eigenvalue weighted by atomic mass is 19.4. The molecule has 2 amide bonds. The Kier molecular flexibility index (Phi) is 5.86. The SMILES string of the molecule is O=C(Cc1ccc(C(F)(F)F)cc1)N1CCN(C(=O)c2ccc(F)c(F)c2)CC1. The summed E-state index contributed by atoms with van der Waals surface area (Å²) in [6, 6.07) is 7.31. The average Bonchev–Trinajstić information content (AvgIpc) is 2.69. The highest BCUT2D eigenvalue weighted by Gasteiger charge is 2.30. The highest BCUT2D eigenvalue weighted by Crippen LogP contribution is 2.29. The van der Waals surface area contributed by atoms with Gasteiger partial charge in [0.1, 0.15) is 0 Å². The molecular formula is C20H17F5N2O2. The summed E-state index contributed by atoms with van der Waals surface area (Å²) < 4.78 is 64.1. The molecule has 154 valence electrons. The molecule has 3 rings (SSSR count). The van der Waals surface area contributed by atoms with Gasteiger partial charge in [-0.05, 0) is 35.9 Å². The van der Waals surface area contributed by atoms with E-state index in [0.717, 1.165) is 24.3 Å². The average molecular weight is 412 g/mol. The van der Waals surface area contributed by atoms with Crippen LogP contribution in [0.2, 0.25) is 0 Å². The fourth-order valence-electron chi connectivity index (χ4n) is 3.07. The van der Waals surface area contributed by atoms with Crippen LogP contribution in [-0.2, 0) is 17.4 Å². The van der Waals surface area contributed by atoms with Crippen LogP contribution in [0.25, 0.3) is 0 Å². The summed E-state index contributed by atoms with van der Waals surface area (Å²) >= 11 is 0. The number of halogens is 5. The van der Waals surface area contributed by atoms with Gasteiger partial charge in [0.05, 0.1) is 12.0 Å². The molecule has 0 aromatic heterocycles. The monoisotopic (exact) mass is 412 g/mol. The molecule has 0 aliphatic carbocycles. The van der Waals surface area contributed by atoms with Gasteiger partial charge in [0.2, 0.25) is 5.91 Å². The van der Waals surface area contributed by atoms with Gasteiger partial charge in [-0.1, -0.05) is 12.1 Å². The molecule has 1 aliphatic heterocycles. The van der Waals surface area contributed by atoms with Gasteiger partial charge >= 0.3 is 6.18 Å². The first-order valence-electron chi connectivity index (χ1n) is 8.83. The van der Waals surface area contributed by atoms with E-state index in [9.17, 15) is 31.5 Å². The number of carbonyl (C=O) groups is 2. The molecule has 0 saturated carbocycles. The zero-order chi connectivity index (χ0) is 21.2. The number of piperazine rings is 1. The molecule has 2 aromatic rings. The van der Waals surface area contributed by atoms with Crippen molar-refractivity contribution in [2.45, 2.75) is 12.6 Å². The summed E-state index contributed by atoms with van der Waals surface area (Å²) in [5.74, 6) is -2.87. The van der Waals surface area contributed by atoms with Crippen molar-refractivity contribution in [3.05, 3.63) is 70.8 Å². The first kappa shape index (κ1) is 20.8. The summed E-state index contributed by atoms with van der Waals surface area (Å²) in [6.45, 7) is 0.928. The molecule has 4 nitrogen and oxygen atoms in total. The number of hydrogen-bond donors (Lipinski definition) is 0. The second-order valence-corrected chi connectivity index (χ2v) is 6.67. The van der Waals surface area contributed by atoms with Crippen molar-refractivity contribution in [3.63, 3.8) is 0 Å². The molecule has 0 N–H and O–H groups in total. The topological polar surface area (TPSA) is 40.6 Å². The Hall–Kier alpha value is -2.97. The summed E-state index contributed by atoms with van der Waals surface area (Å²) in [4.78, 5) is 27.7. The predicted octanol–water partition coefficient (Wildman–Crippen LogP) is 3.51. The van der Waals surface area contributed by atoms with Crippen LogP contribution in [0.1, 0.15) is 21.5 Å². The highest BCUT2D eigenvalue weighted by molar-refractivity contribution is 5.94. The molecular weight excluding hydrogens is 395 g/mol. The minimum atomic E-state index is -4.43. The molecule has 1 fully saturated rings. The number of amides is 2.